The lowest BCUT2D eigenvalue weighted by Crippen LogP contribution is -2.35. The molecule has 1 saturated heterocycles. The predicted octanol–water partition coefficient (Wildman–Crippen LogP) is 6.54. The Labute approximate surface area is 209 Å². The average Bonchev–Trinajstić information content (AvgIpc) is 3.47. The fourth-order valence-electron chi connectivity index (χ4n) is 5.85. The van der Waals surface area contributed by atoms with Crippen molar-refractivity contribution in [3.8, 4) is 11.3 Å². The van der Waals surface area contributed by atoms with Gasteiger partial charge in [-0.25, -0.2) is 4.98 Å². The van der Waals surface area contributed by atoms with Crippen LogP contribution < -0.4 is 5.01 Å². The Morgan fingerprint density at radius 2 is 1.71 bits per heavy atom. The lowest BCUT2D eigenvalue weighted by Gasteiger charge is -2.42. The van der Waals surface area contributed by atoms with Crippen LogP contribution in [-0.2, 0) is 17.4 Å². The highest BCUT2D eigenvalue weighted by atomic mass is 32.1. The smallest absolute Gasteiger partial charge is 0.0964 e. The van der Waals surface area contributed by atoms with Crippen LogP contribution in [0, 0.1) is 0 Å². The third-order valence-corrected chi connectivity index (χ3v) is 9.24. The molecule has 0 unspecified atom stereocenters. The van der Waals surface area contributed by atoms with Crippen LogP contribution in [0.4, 0.5) is 0 Å². The van der Waals surface area contributed by atoms with E-state index in [0.29, 0.717) is 5.92 Å². The molecule has 1 fully saturated rings. The Kier molecular flexibility index (Phi) is 6.14. The SMILES string of the molecule is CN(C)n1cccc1CN1CCC(c2nc(-c3ccc4c(c3)C(C)(C)CCC4(C)C)cs2)CC1. The van der Waals surface area contributed by atoms with Crippen molar-refractivity contribution in [1.29, 1.82) is 0 Å². The lowest BCUT2D eigenvalue weighted by molar-refractivity contribution is 0.200. The van der Waals surface area contributed by atoms with Gasteiger partial charge in [-0.1, -0.05) is 39.8 Å². The summed E-state index contributed by atoms with van der Waals surface area (Å²) in [6.45, 7) is 12.9. The second-order valence-electron chi connectivity index (χ2n) is 11.8. The van der Waals surface area contributed by atoms with E-state index in [0.717, 1.165) is 25.3 Å². The molecule has 5 rings (SSSR count). The highest BCUT2D eigenvalue weighted by Crippen LogP contribution is 2.47. The second kappa shape index (κ2) is 8.83. The maximum atomic E-state index is 5.16. The van der Waals surface area contributed by atoms with Gasteiger partial charge in [-0.15, -0.1) is 11.3 Å². The molecule has 0 N–H and O–H groups in total. The van der Waals surface area contributed by atoms with Crippen LogP contribution in [0.3, 0.4) is 0 Å². The molecule has 3 aromatic rings. The van der Waals surface area contributed by atoms with Gasteiger partial charge in [0.2, 0.25) is 0 Å². The quantitative estimate of drug-likeness (QED) is 0.418. The largest absolute Gasteiger partial charge is 0.319 e. The zero-order chi connectivity index (χ0) is 24.1. The van der Waals surface area contributed by atoms with Gasteiger partial charge in [0, 0.05) is 43.7 Å². The highest BCUT2D eigenvalue weighted by Gasteiger charge is 2.37. The zero-order valence-electron chi connectivity index (χ0n) is 21.8. The maximum absolute atomic E-state index is 5.16. The number of aromatic nitrogens is 2. The molecule has 0 radical (unpaired) electrons. The summed E-state index contributed by atoms with van der Waals surface area (Å²) in [6.07, 6.45) is 7.04. The van der Waals surface area contributed by atoms with Gasteiger partial charge in [-0.3, -0.25) is 9.58 Å². The van der Waals surface area contributed by atoms with E-state index >= 15 is 0 Å². The van der Waals surface area contributed by atoms with E-state index in [9.17, 15) is 0 Å². The normalized spacial score (nSPS) is 20.3. The van der Waals surface area contributed by atoms with E-state index in [4.69, 9.17) is 4.98 Å². The predicted molar refractivity (Wildman–Crippen MR) is 145 cm³/mol. The van der Waals surface area contributed by atoms with Gasteiger partial charge < -0.3 is 5.01 Å². The number of benzene rings is 1. The number of thiazole rings is 1. The molecule has 0 atom stereocenters. The summed E-state index contributed by atoms with van der Waals surface area (Å²) in [5, 5.41) is 5.75. The summed E-state index contributed by atoms with van der Waals surface area (Å²) in [5.41, 5.74) is 7.35. The molecule has 34 heavy (non-hydrogen) atoms. The van der Waals surface area contributed by atoms with E-state index in [-0.39, 0.29) is 10.8 Å². The van der Waals surface area contributed by atoms with Crippen molar-refractivity contribution in [1.82, 2.24) is 14.6 Å². The topological polar surface area (TPSA) is 24.3 Å². The zero-order valence-corrected chi connectivity index (χ0v) is 22.6. The molecule has 0 bridgehead atoms. The number of nitrogens with zero attached hydrogens (tertiary/aromatic N) is 4. The molecule has 0 spiro atoms. The molecule has 5 heteroatoms. The summed E-state index contributed by atoms with van der Waals surface area (Å²) in [5.74, 6) is 0.587. The fourth-order valence-corrected chi connectivity index (χ4v) is 6.85. The second-order valence-corrected chi connectivity index (χ2v) is 12.7. The third kappa shape index (κ3) is 4.45. The van der Waals surface area contributed by atoms with Crippen LogP contribution in [0.15, 0.2) is 41.9 Å². The van der Waals surface area contributed by atoms with Crippen molar-refractivity contribution in [3.05, 3.63) is 63.7 Å². The summed E-state index contributed by atoms with van der Waals surface area (Å²) < 4.78 is 2.24. The molecule has 1 aromatic carbocycles. The van der Waals surface area contributed by atoms with Crippen molar-refractivity contribution < 1.29 is 0 Å². The number of fused-ring (bicyclic) bond motifs is 1. The molecule has 4 nitrogen and oxygen atoms in total. The van der Waals surface area contributed by atoms with Crippen molar-refractivity contribution in [2.24, 2.45) is 0 Å². The molecule has 1 aliphatic heterocycles. The Morgan fingerprint density at radius 3 is 2.41 bits per heavy atom. The first-order chi connectivity index (χ1) is 16.1. The average molecular weight is 477 g/mol. The molecule has 182 valence electrons. The molecule has 2 aliphatic rings. The van der Waals surface area contributed by atoms with Crippen molar-refractivity contribution >= 4 is 11.3 Å². The van der Waals surface area contributed by atoms with Crippen LogP contribution in [0.5, 0.6) is 0 Å². The summed E-state index contributed by atoms with van der Waals surface area (Å²) in [7, 11) is 4.19. The molecule has 3 heterocycles. The van der Waals surface area contributed by atoms with Gasteiger partial charge in [-0.2, -0.15) is 0 Å². The number of hydrogen-bond donors (Lipinski definition) is 0. The van der Waals surface area contributed by atoms with Gasteiger partial charge in [0.05, 0.1) is 16.4 Å². The van der Waals surface area contributed by atoms with E-state index in [1.807, 2.05) is 11.3 Å². The van der Waals surface area contributed by atoms with Crippen LogP contribution in [0.2, 0.25) is 0 Å². The lowest BCUT2D eigenvalue weighted by atomic mass is 9.63. The van der Waals surface area contributed by atoms with Crippen molar-refractivity contribution in [2.45, 2.75) is 76.7 Å². The van der Waals surface area contributed by atoms with Crippen molar-refractivity contribution in [3.63, 3.8) is 0 Å². The highest BCUT2D eigenvalue weighted by molar-refractivity contribution is 7.10. The van der Waals surface area contributed by atoms with Crippen LogP contribution in [0.25, 0.3) is 11.3 Å². The van der Waals surface area contributed by atoms with Gasteiger partial charge >= 0.3 is 0 Å². The Bertz CT molecular complexity index is 1140. The van der Waals surface area contributed by atoms with Crippen LogP contribution in [0.1, 0.15) is 81.1 Å². The Morgan fingerprint density at radius 1 is 1.00 bits per heavy atom. The van der Waals surface area contributed by atoms with Crippen LogP contribution >= 0.6 is 11.3 Å². The third-order valence-electron chi connectivity index (χ3n) is 8.23. The Balaban J connectivity index is 1.28. The first-order valence-corrected chi connectivity index (χ1v) is 13.7. The maximum Gasteiger partial charge on any atom is 0.0964 e. The first-order valence-electron chi connectivity index (χ1n) is 12.8. The minimum atomic E-state index is 0.235. The minimum absolute atomic E-state index is 0.235. The molecule has 2 aromatic heterocycles. The molecule has 1 aliphatic carbocycles. The van der Waals surface area contributed by atoms with Crippen molar-refractivity contribution in [2.75, 3.05) is 32.2 Å². The molecular formula is C29H40N4S. The van der Waals surface area contributed by atoms with Gasteiger partial charge in [0.15, 0.2) is 0 Å². The van der Waals surface area contributed by atoms with E-state index in [1.54, 1.807) is 0 Å². The number of likely N-dealkylation sites (tertiary alicyclic amines) is 1. The molecule has 0 saturated carbocycles. The molecule has 0 amide bonds. The fraction of sp³-hybridized carbons (Fsp3) is 0.552. The summed E-state index contributed by atoms with van der Waals surface area (Å²) in [4.78, 5) is 7.76. The minimum Gasteiger partial charge on any atom is -0.319 e. The van der Waals surface area contributed by atoms with E-state index < -0.39 is 0 Å². The summed E-state index contributed by atoms with van der Waals surface area (Å²) >= 11 is 1.86. The Hall–Kier alpha value is -2.11. The number of piperidine rings is 1. The number of rotatable bonds is 5. The molecular weight excluding hydrogens is 436 g/mol. The first kappa shape index (κ1) is 23.6. The van der Waals surface area contributed by atoms with Gasteiger partial charge in [0.1, 0.15) is 0 Å². The summed E-state index contributed by atoms with van der Waals surface area (Å²) in [6, 6.07) is 11.5. The van der Waals surface area contributed by atoms with Crippen LogP contribution in [-0.4, -0.2) is 41.7 Å². The number of hydrogen-bond acceptors (Lipinski definition) is 4. The van der Waals surface area contributed by atoms with Gasteiger partial charge in [0.25, 0.3) is 0 Å². The van der Waals surface area contributed by atoms with E-state index in [2.05, 4.69) is 98.3 Å². The monoisotopic (exact) mass is 476 g/mol. The standard InChI is InChI=1S/C29H40N4S/c1-28(2)13-14-29(3,4)25-18-22(9-10-24(25)28)26-20-34-27(30-26)21-11-16-32(17-12-21)19-23-8-7-15-33(23)31(5)6/h7-10,15,18,20-21H,11-14,16-17,19H2,1-6H3. The van der Waals surface area contributed by atoms with E-state index in [1.165, 1.54) is 53.1 Å². The van der Waals surface area contributed by atoms with Gasteiger partial charge in [-0.05, 0) is 78.9 Å².